The molecule has 1 aromatic carbocycles. The van der Waals surface area contributed by atoms with E-state index in [9.17, 15) is 9.59 Å². The standard InChI is InChI=1S/C15H22N2O2/c1-5-6-13(14(18)17-15(19)16-4)12-8-7-10(2)11(3)9-12/h7-9,13H,5-6H2,1-4H3,(H2,16,17,18,19). The molecule has 0 aliphatic heterocycles. The molecule has 1 rings (SSSR count). The van der Waals surface area contributed by atoms with Crippen LogP contribution in [0.25, 0.3) is 0 Å². The molecule has 0 aliphatic carbocycles. The van der Waals surface area contributed by atoms with Crippen molar-refractivity contribution >= 4 is 11.9 Å². The van der Waals surface area contributed by atoms with Crippen molar-refractivity contribution in [2.24, 2.45) is 0 Å². The van der Waals surface area contributed by atoms with Gasteiger partial charge in [-0.25, -0.2) is 4.79 Å². The van der Waals surface area contributed by atoms with Crippen LogP contribution in [-0.4, -0.2) is 19.0 Å². The van der Waals surface area contributed by atoms with Crippen molar-refractivity contribution in [3.8, 4) is 0 Å². The minimum absolute atomic E-state index is 0.246. The fourth-order valence-corrected chi connectivity index (χ4v) is 1.98. The smallest absolute Gasteiger partial charge is 0.321 e. The first-order chi connectivity index (χ1) is 8.99. The van der Waals surface area contributed by atoms with Gasteiger partial charge in [-0.05, 0) is 37.0 Å². The molecule has 0 heterocycles. The quantitative estimate of drug-likeness (QED) is 0.876. The van der Waals surface area contributed by atoms with Gasteiger partial charge in [0.15, 0.2) is 0 Å². The molecule has 1 atom stereocenters. The molecule has 4 nitrogen and oxygen atoms in total. The van der Waals surface area contributed by atoms with Crippen molar-refractivity contribution in [1.82, 2.24) is 10.6 Å². The van der Waals surface area contributed by atoms with Gasteiger partial charge < -0.3 is 5.32 Å². The van der Waals surface area contributed by atoms with Crippen molar-refractivity contribution < 1.29 is 9.59 Å². The summed E-state index contributed by atoms with van der Waals surface area (Å²) in [5.74, 6) is -0.522. The molecule has 0 bridgehead atoms. The van der Waals surface area contributed by atoms with Crippen molar-refractivity contribution in [2.75, 3.05) is 7.05 Å². The zero-order valence-electron chi connectivity index (χ0n) is 12.0. The monoisotopic (exact) mass is 262 g/mol. The largest absolute Gasteiger partial charge is 0.341 e. The summed E-state index contributed by atoms with van der Waals surface area (Å²) in [4.78, 5) is 23.4. The number of amides is 3. The Morgan fingerprint density at radius 3 is 2.42 bits per heavy atom. The molecule has 0 radical (unpaired) electrons. The lowest BCUT2D eigenvalue weighted by atomic mass is 9.91. The van der Waals surface area contributed by atoms with Gasteiger partial charge >= 0.3 is 6.03 Å². The maximum atomic E-state index is 12.1. The molecule has 0 saturated heterocycles. The number of benzene rings is 1. The lowest BCUT2D eigenvalue weighted by Gasteiger charge is -2.17. The minimum atomic E-state index is -0.463. The Balaban J connectivity index is 2.95. The number of rotatable bonds is 4. The van der Waals surface area contributed by atoms with Crippen LogP contribution >= 0.6 is 0 Å². The molecule has 1 unspecified atom stereocenters. The molecule has 0 saturated carbocycles. The van der Waals surface area contributed by atoms with Gasteiger partial charge in [-0.1, -0.05) is 31.5 Å². The molecule has 104 valence electrons. The van der Waals surface area contributed by atoms with E-state index in [0.717, 1.165) is 24.0 Å². The first-order valence-electron chi connectivity index (χ1n) is 6.59. The van der Waals surface area contributed by atoms with E-state index in [4.69, 9.17) is 0 Å². The number of hydrogen-bond acceptors (Lipinski definition) is 2. The highest BCUT2D eigenvalue weighted by Crippen LogP contribution is 2.23. The Morgan fingerprint density at radius 1 is 1.21 bits per heavy atom. The predicted octanol–water partition coefficient (Wildman–Crippen LogP) is 2.64. The number of urea groups is 1. The first-order valence-corrected chi connectivity index (χ1v) is 6.59. The van der Waals surface area contributed by atoms with Crippen LogP contribution in [-0.2, 0) is 4.79 Å². The van der Waals surface area contributed by atoms with Crippen molar-refractivity contribution in [3.05, 3.63) is 34.9 Å². The van der Waals surface area contributed by atoms with Gasteiger partial charge in [-0.15, -0.1) is 0 Å². The van der Waals surface area contributed by atoms with E-state index < -0.39 is 6.03 Å². The molecule has 19 heavy (non-hydrogen) atoms. The number of carbonyl (C=O) groups is 2. The van der Waals surface area contributed by atoms with Gasteiger partial charge in [0.1, 0.15) is 0 Å². The van der Waals surface area contributed by atoms with Crippen LogP contribution in [0.15, 0.2) is 18.2 Å². The average molecular weight is 262 g/mol. The highest BCUT2D eigenvalue weighted by Gasteiger charge is 2.21. The van der Waals surface area contributed by atoms with E-state index in [-0.39, 0.29) is 11.8 Å². The molecule has 2 N–H and O–H groups in total. The Bertz CT molecular complexity index is 469. The first kappa shape index (κ1) is 15.2. The topological polar surface area (TPSA) is 58.2 Å². The molecule has 3 amide bonds. The average Bonchev–Trinajstić information content (AvgIpc) is 2.39. The van der Waals surface area contributed by atoms with Crippen LogP contribution in [0.1, 0.15) is 42.4 Å². The molecule has 0 spiro atoms. The van der Waals surface area contributed by atoms with E-state index in [1.807, 2.05) is 39.0 Å². The normalized spacial score (nSPS) is 11.8. The van der Waals surface area contributed by atoms with Crippen LogP contribution in [0.2, 0.25) is 0 Å². The number of imide groups is 1. The maximum Gasteiger partial charge on any atom is 0.321 e. The summed E-state index contributed by atoms with van der Waals surface area (Å²) < 4.78 is 0. The molecular formula is C15H22N2O2. The van der Waals surface area contributed by atoms with Gasteiger partial charge in [0.2, 0.25) is 5.91 Å². The summed E-state index contributed by atoms with van der Waals surface area (Å²) in [6.45, 7) is 6.10. The zero-order chi connectivity index (χ0) is 14.4. The summed E-state index contributed by atoms with van der Waals surface area (Å²) in [6, 6.07) is 5.54. The van der Waals surface area contributed by atoms with Gasteiger partial charge in [-0.2, -0.15) is 0 Å². The van der Waals surface area contributed by atoms with Gasteiger partial charge in [-0.3, -0.25) is 10.1 Å². The molecule has 0 aromatic heterocycles. The van der Waals surface area contributed by atoms with Crippen molar-refractivity contribution in [2.45, 2.75) is 39.5 Å². The summed E-state index contributed by atoms with van der Waals surface area (Å²) in [7, 11) is 1.49. The van der Waals surface area contributed by atoms with Crippen molar-refractivity contribution in [1.29, 1.82) is 0 Å². The van der Waals surface area contributed by atoms with Crippen LogP contribution in [0.5, 0.6) is 0 Å². The second-order valence-electron chi connectivity index (χ2n) is 4.75. The molecule has 1 aromatic rings. The van der Waals surface area contributed by atoms with Gasteiger partial charge in [0.05, 0.1) is 5.92 Å². The summed E-state index contributed by atoms with van der Waals surface area (Å²) in [5.41, 5.74) is 3.32. The number of aryl methyl sites for hydroxylation is 2. The summed E-state index contributed by atoms with van der Waals surface area (Å²) >= 11 is 0. The van der Waals surface area contributed by atoms with E-state index >= 15 is 0 Å². The lowest BCUT2D eigenvalue weighted by Crippen LogP contribution is -2.40. The molecule has 0 aliphatic rings. The van der Waals surface area contributed by atoms with Crippen LogP contribution < -0.4 is 10.6 Å². The van der Waals surface area contributed by atoms with Crippen LogP contribution in [0.3, 0.4) is 0 Å². The third-order valence-electron chi connectivity index (χ3n) is 3.29. The van der Waals surface area contributed by atoms with Crippen LogP contribution in [0, 0.1) is 13.8 Å². The Morgan fingerprint density at radius 2 is 1.89 bits per heavy atom. The molecular weight excluding hydrogens is 240 g/mol. The number of hydrogen-bond donors (Lipinski definition) is 2. The van der Waals surface area contributed by atoms with Crippen molar-refractivity contribution in [3.63, 3.8) is 0 Å². The fraction of sp³-hybridized carbons (Fsp3) is 0.467. The third-order valence-corrected chi connectivity index (χ3v) is 3.29. The summed E-state index contributed by atoms with van der Waals surface area (Å²) in [6.07, 6.45) is 1.62. The lowest BCUT2D eigenvalue weighted by molar-refractivity contribution is -0.121. The highest BCUT2D eigenvalue weighted by atomic mass is 16.2. The zero-order valence-corrected chi connectivity index (χ0v) is 12.0. The number of nitrogens with one attached hydrogen (secondary N) is 2. The fourth-order valence-electron chi connectivity index (χ4n) is 1.98. The van der Waals surface area contributed by atoms with Gasteiger partial charge in [0.25, 0.3) is 0 Å². The predicted molar refractivity (Wildman–Crippen MR) is 76.2 cm³/mol. The van der Waals surface area contributed by atoms with E-state index in [0.29, 0.717) is 0 Å². The second kappa shape index (κ2) is 6.92. The summed E-state index contributed by atoms with van der Waals surface area (Å²) in [5, 5.41) is 4.75. The Kier molecular flexibility index (Phi) is 5.55. The Labute approximate surface area is 114 Å². The molecule has 0 fully saturated rings. The van der Waals surface area contributed by atoms with E-state index in [1.165, 1.54) is 12.6 Å². The van der Waals surface area contributed by atoms with Crippen LogP contribution in [0.4, 0.5) is 4.79 Å². The third kappa shape index (κ3) is 4.09. The van der Waals surface area contributed by atoms with Gasteiger partial charge in [0, 0.05) is 7.05 Å². The maximum absolute atomic E-state index is 12.1. The highest BCUT2D eigenvalue weighted by molar-refractivity contribution is 5.97. The van der Waals surface area contributed by atoms with E-state index in [1.54, 1.807) is 0 Å². The number of carbonyl (C=O) groups excluding carboxylic acids is 2. The SMILES string of the molecule is CCCC(C(=O)NC(=O)NC)c1ccc(C)c(C)c1. The minimum Gasteiger partial charge on any atom is -0.341 e. The van der Waals surface area contributed by atoms with E-state index in [2.05, 4.69) is 10.6 Å². The second-order valence-corrected chi connectivity index (χ2v) is 4.75. The molecule has 4 heteroatoms. The Hall–Kier alpha value is -1.84.